The second-order valence-corrected chi connectivity index (χ2v) is 10.1. The van der Waals surface area contributed by atoms with E-state index in [4.69, 9.17) is 4.74 Å². The number of ether oxygens (including phenoxy) is 1. The highest BCUT2D eigenvalue weighted by Gasteiger charge is 2.34. The third-order valence-corrected chi connectivity index (χ3v) is 8.29. The summed E-state index contributed by atoms with van der Waals surface area (Å²) in [4.78, 5) is 18.7. The number of methoxy groups -OCH3 is 1. The van der Waals surface area contributed by atoms with E-state index in [1.807, 2.05) is 6.92 Å². The van der Waals surface area contributed by atoms with Crippen molar-refractivity contribution in [2.45, 2.75) is 81.4 Å². The monoisotopic (exact) mass is 426 g/mol. The van der Waals surface area contributed by atoms with Crippen molar-refractivity contribution in [3.05, 3.63) is 11.9 Å². The van der Waals surface area contributed by atoms with Crippen LogP contribution in [0.25, 0.3) is 0 Å². The van der Waals surface area contributed by atoms with Crippen molar-refractivity contribution >= 4 is 15.7 Å². The van der Waals surface area contributed by atoms with Crippen molar-refractivity contribution in [2.75, 3.05) is 26.8 Å². The molecule has 1 amide bonds. The van der Waals surface area contributed by atoms with E-state index in [2.05, 4.69) is 15.2 Å². The minimum absolute atomic E-state index is 0.0352. The molecule has 1 aromatic rings. The molecule has 1 saturated heterocycles. The first-order valence-corrected chi connectivity index (χ1v) is 12.3. The average Bonchev–Trinajstić information content (AvgIpc) is 2.91. The van der Waals surface area contributed by atoms with Crippen LogP contribution < -0.4 is 5.32 Å². The molecular weight excluding hydrogens is 392 g/mol. The number of sulfone groups is 1. The summed E-state index contributed by atoms with van der Waals surface area (Å²) < 4.78 is 33.8. The normalized spacial score (nSPS) is 22.4. The van der Waals surface area contributed by atoms with Crippen LogP contribution in [0.15, 0.2) is 11.4 Å². The van der Waals surface area contributed by atoms with Crippen molar-refractivity contribution in [3.8, 4) is 0 Å². The Morgan fingerprint density at radius 2 is 1.97 bits per heavy atom. The van der Waals surface area contributed by atoms with E-state index in [-0.39, 0.29) is 22.4 Å². The molecule has 9 heteroatoms. The maximum Gasteiger partial charge on any atom is 0.237 e. The first-order chi connectivity index (χ1) is 14.0. The van der Waals surface area contributed by atoms with Gasteiger partial charge in [-0.2, -0.15) is 0 Å². The molecular formula is C20H34N4O4S. The van der Waals surface area contributed by atoms with Gasteiger partial charge in [-0.25, -0.2) is 13.4 Å². The topological polar surface area (TPSA) is 93.5 Å². The lowest BCUT2D eigenvalue weighted by atomic mass is 10.1. The number of carbonyl (C=O) groups is 1. The summed E-state index contributed by atoms with van der Waals surface area (Å²) in [6.45, 7) is 4.69. The zero-order chi connectivity index (χ0) is 20.9. The molecule has 0 bridgehead atoms. The van der Waals surface area contributed by atoms with Gasteiger partial charge < -0.3 is 14.6 Å². The predicted octanol–water partition coefficient (Wildman–Crippen LogP) is 1.74. The zero-order valence-corrected chi connectivity index (χ0v) is 18.4. The third kappa shape index (κ3) is 5.00. The van der Waals surface area contributed by atoms with E-state index in [9.17, 15) is 13.2 Å². The zero-order valence-electron chi connectivity index (χ0n) is 17.6. The van der Waals surface area contributed by atoms with Crippen molar-refractivity contribution < 1.29 is 17.9 Å². The highest BCUT2D eigenvalue weighted by Crippen LogP contribution is 2.28. The fourth-order valence-corrected chi connectivity index (χ4v) is 6.44. The summed E-state index contributed by atoms with van der Waals surface area (Å²) in [5.41, 5.74) is 0.822. The molecule has 1 atom stereocenters. The van der Waals surface area contributed by atoms with Crippen LogP contribution in [0.3, 0.4) is 0 Å². The van der Waals surface area contributed by atoms with Crippen LogP contribution in [0, 0.1) is 0 Å². The van der Waals surface area contributed by atoms with Gasteiger partial charge in [-0.1, -0.05) is 32.6 Å². The molecule has 0 unspecified atom stereocenters. The minimum atomic E-state index is -3.50. The molecule has 8 nitrogen and oxygen atoms in total. The Morgan fingerprint density at radius 1 is 1.24 bits per heavy atom. The number of nitrogens with zero attached hydrogens (tertiary/aromatic N) is 3. The first-order valence-electron chi connectivity index (χ1n) is 10.8. The van der Waals surface area contributed by atoms with Crippen molar-refractivity contribution in [1.29, 1.82) is 0 Å². The molecule has 1 N–H and O–H groups in total. The van der Waals surface area contributed by atoms with Gasteiger partial charge in [0.25, 0.3) is 0 Å². The molecule has 29 heavy (non-hydrogen) atoms. The molecule has 0 aromatic carbocycles. The molecule has 1 aromatic heterocycles. The Bertz CT molecular complexity index is 784. The lowest BCUT2D eigenvalue weighted by Crippen LogP contribution is -2.54. The number of hydrogen-bond donors (Lipinski definition) is 1. The molecule has 0 radical (unpaired) electrons. The van der Waals surface area contributed by atoms with Gasteiger partial charge in [0.15, 0.2) is 0 Å². The largest absolute Gasteiger partial charge is 0.383 e. The van der Waals surface area contributed by atoms with Crippen LogP contribution in [0.5, 0.6) is 0 Å². The molecule has 1 aliphatic heterocycles. The smallest absolute Gasteiger partial charge is 0.237 e. The Hall–Kier alpha value is -1.45. The van der Waals surface area contributed by atoms with Gasteiger partial charge in [0, 0.05) is 33.3 Å². The van der Waals surface area contributed by atoms with Crippen molar-refractivity contribution in [2.24, 2.45) is 0 Å². The van der Waals surface area contributed by atoms with Crippen LogP contribution in [0.2, 0.25) is 0 Å². The highest BCUT2D eigenvalue weighted by molar-refractivity contribution is 7.91. The van der Waals surface area contributed by atoms with Gasteiger partial charge in [0.05, 0.1) is 29.8 Å². The number of nitrogens with one attached hydrogen (secondary N) is 1. The van der Waals surface area contributed by atoms with Crippen LogP contribution in [-0.4, -0.2) is 66.9 Å². The molecule has 1 aliphatic carbocycles. The molecule has 2 fully saturated rings. The molecule has 0 spiro atoms. The lowest BCUT2D eigenvalue weighted by molar-refractivity contribution is -0.129. The van der Waals surface area contributed by atoms with E-state index in [0.29, 0.717) is 45.5 Å². The van der Waals surface area contributed by atoms with E-state index in [1.54, 1.807) is 17.9 Å². The number of amides is 1. The average molecular weight is 427 g/mol. The molecule has 3 rings (SSSR count). The summed E-state index contributed by atoms with van der Waals surface area (Å²) >= 11 is 0. The maximum absolute atomic E-state index is 13.4. The Morgan fingerprint density at radius 3 is 2.62 bits per heavy atom. The van der Waals surface area contributed by atoms with E-state index in [1.165, 1.54) is 0 Å². The van der Waals surface area contributed by atoms with E-state index in [0.717, 1.165) is 37.9 Å². The van der Waals surface area contributed by atoms with Gasteiger partial charge in [0.2, 0.25) is 20.9 Å². The van der Waals surface area contributed by atoms with Crippen LogP contribution >= 0.6 is 0 Å². The summed E-state index contributed by atoms with van der Waals surface area (Å²) in [7, 11) is -1.89. The van der Waals surface area contributed by atoms with E-state index >= 15 is 0 Å². The SMILES string of the molecule is CC[C@@H]1C(=O)NCCN1Cc1cnc(S(=O)(=O)C2CCCCCC2)n1CCOC. The standard InChI is InChI=1S/C20H34N4O4S/c1-3-18-19(25)21-10-11-23(18)15-16-14-22-20(24(16)12-13-28-2)29(26,27)17-8-6-4-5-7-9-17/h14,17-18H,3-13,15H2,1-2H3,(H,21,25)/t18-/m1/s1. The number of rotatable bonds is 8. The Balaban J connectivity index is 1.89. The minimum Gasteiger partial charge on any atom is -0.383 e. The predicted molar refractivity (Wildman–Crippen MR) is 110 cm³/mol. The number of hydrogen-bond acceptors (Lipinski definition) is 6. The third-order valence-electron chi connectivity index (χ3n) is 6.11. The maximum atomic E-state index is 13.4. The number of piperazine rings is 1. The molecule has 164 valence electrons. The van der Waals surface area contributed by atoms with Crippen molar-refractivity contribution in [1.82, 2.24) is 19.8 Å². The van der Waals surface area contributed by atoms with Gasteiger partial charge in [-0.15, -0.1) is 0 Å². The van der Waals surface area contributed by atoms with Gasteiger partial charge >= 0.3 is 0 Å². The van der Waals surface area contributed by atoms with Crippen molar-refractivity contribution in [3.63, 3.8) is 0 Å². The second kappa shape index (κ2) is 10.0. The van der Waals surface area contributed by atoms with Crippen LogP contribution in [-0.2, 0) is 32.5 Å². The molecule has 2 heterocycles. The van der Waals surface area contributed by atoms with Gasteiger partial charge in [-0.05, 0) is 19.3 Å². The quantitative estimate of drug-likeness (QED) is 0.637. The summed E-state index contributed by atoms with van der Waals surface area (Å²) in [6.07, 6.45) is 7.91. The number of carbonyl (C=O) groups excluding carboxylic acids is 1. The second-order valence-electron chi connectivity index (χ2n) is 8.02. The molecule has 1 saturated carbocycles. The highest BCUT2D eigenvalue weighted by atomic mass is 32.2. The fraction of sp³-hybridized carbons (Fsp3) is 0.800. The fourth-order valence-electron chi connectivity index (χ4n) is 4.47. The van der Waals surface area contributed by atoms with Gasteiger partial charge in [0.1, 0.15) is 0 Å². The van der Waals surface area contributed by atoms with Crippen LogP contribution in [0.1, 0.15) is 57.6 Å². The first kappa shape index (κ1) is 22.2. The van der Waals surface area contributed by atoms with Gasteiger partial charge in [-0.3, -0.25) is 9.69 Å². The van der Waals surface area contributed by atoms with E-state index < -0.39 is 9.84 Å². The van der Waals surface area contributed by atoms with Crippen LogP contribution in [0.4, 0.5) is 0 Å². The summed E-state index contributed by atoms with van der Waals surface area (Å²) in [5.74, 6) is 0.0352. The Labute approximate surface area is 173 Å². The number of imidazole rings is 1. The summed E-state index contributed by atoms with van der Waals surface area (Å²) in [5, 5.41) is 2.71. The Kier molecular flexibility index (Phi) is 7.70. The summed E-state index contributed by atoms with van der Waals surface area (Å²) in [6, 6.07) is -0.198. The molecule has 2 aliphatic rings. The number of aromatic nitrogens is 2. The lowest BCUT2D eigenvalue weighted by Gasteiger charge is -2.34.